The quantitative estimate of drug-likeness (QED) is 0.643. The molecule has 0 aliphatic carbocycles. The lowest BCUT2D eigenvalue weighted by Gasteiger charge is -2.07. The molecule has 2 aromatic carbocycles. The molecule has 3 rings (SSSR count). The van der Waals surface area contributed by atoms with E-state index in [1.54, 1.807) is 30.5 Å². The lowest BCUT2D eigenvalue weighted by molar-refractivity contribution is 0.0940. The van der Waals surface area contributed by atoms with Gasteiger partial charge < -0.3 is 10.6 Å². The van der Waals surface area contributed by atoms with Crippen LogP contribution < -0.4 is 10.6 Å². The van der Waals surface area contributed by atoms with Crippen molar-refractivity contribution in [3.05, 3.63) is 100 Å². The minimum Gasteiger partial charge on any atom is -0.352 e. The van der Waals surface area contributed by atoms with E-state index in [0.29, 0.717) is 29.2 Å². The van der Waals surface area contributed by atoms with Gasteiger partial charge >= 0.3 is 0 Å². The van der Waals surface area contributed by atoms with Crippen molar-refractivity contribution in [3.63, 3.8) is 0 Å². The molecule has 0 fully saturated rings. The number of benzene rings is 2. The number of carbonyl (C=O) groups excluding carboxylic acids is 2. The van der Waals surface area contributed by atoms with Crippen LogP contribution in [0.5, 0.6) is 0 Å². The third-order valence-electron chi connectivity index (χ3n) is 4.18. The number of hydrogen-bond acceptors (Lipinski definition) is 3. The number of pyridine rings is 1. The van der Waals surface area contributed by atoms with E-state index >= 15 is 0 Å². The summed E-state index contributed by atoms with van der Waals surface area (Å²) in [5, 5.41) is 6.38. The Morgan fingerprint density at radius 2 is 1.46 bits per heavy atom. The monoisotopic (exact) mass is 393 g/mol. The zero-order valence-corrected chi connectivity index (χ0v) is 15.9. The summed E-state index contributed by atoms with van der Waals surface area (Å²) >= 11 is 5.86. The van der Waals surface area contributed by atoms with Gasteiger partial charge in [0.05, 0.1) is 12.2 Å². The fourth-order valence-electron chi connectivity index (χ4n) is 2.62. The van der Waals surface area contributed by atoms with Crippen molar-refractivity contribution in [2.75, 3.05) is 6.54 Å². The van der Waals surface area contributed by atoms with Crippen molar-refractivity contribution in [3.8, 4) is 0 Å². The molecule has 3 aromatic rings. The smallest absolute Gasteiger partial charge is 0.251 e. The van der Waals surface area contributed by atoms with Crippen molar-refractivity contribution in [2.45, 2.75) is 13.0 Å². The molecule has 0 radical (unpaired) electrons. The molecule has 2 amide bonds. The first-order valence-electron chi connectivity index (χ1n) is 8.92. The molecule has 6 heteroatoms. The first-order chi connectivity index (χ1) is 13.6. The Kier molecular flexibility index (Phi) is 6.76. The topological polar surface area (TPSA) is 71.1 Å². The molecule has 1 aromatic heterocycles. The molecule has 5 nitrogen and oxygen atoms in total. The van der Waals surface area contributed by atoms with Gasteiger partial charge in [0.2, 0.25) is 0 Å². The number of aromatic nitrogens is 1. The zero-order chi connectivity index (χ0) is 19.8. The highest BCUT2D eigenvalue weighted by Crippen LogP contribution is 2.10. The van der Waals surface area contributed by atoms with Crippen LogP contribution in [0.3, 0.4) is 0 Å². The van der Waals surface area contributed by atoms with Crippen LogP contribution in [0.1, 0.15) is 32.0 Å². The number of amides is 2. The second kappa shape index (κ2) is 9.67. The Labute approximate surface area is 168 Å². The lowest BCUT2D eigenvalue weighted by Crippen LogP contribution is -2.26. The molecule has 2 N–H and O–H groups in total. The summed E-state index contributed by atoms with van der Waals surface area (Å²) in [5.74, 6) is -0.380. The Morgan fingerprint density at radius 3 is 2.07 bits per heavy atom. The fraction of sp³-hybridized carbons (Fsp3) is 0.136. The molecule has 142 valence electrons. The fourth-order valence-corrected chi connectivity index (χ4v) is 2.75. The Bertz CT molecular complexity index is 926. The third-order valence-corrected chi connectivity index (χ3v) is 4.43. The van der Waals surface area contributed by atoms with Crippen LogP contribution >= 0.6 is 11.6 Å². The molecule has 0 spiro atoms. The maximum atomic E-state index is 12.2. The van der Waals surface area contributed by atoms with Crippen molar-refractivity contribution in [1.82, 2.24) is 15.6 Å². The molecule has 0 atom stereocenters. The van der Waals surface area contributed by atoms with Crippen LogP contribution in [0.25, 0.3) is 0 Å². The number of nitrogens with zero attached hydrogens (tertiary/aromatic N) is 1. The molecule has 0 aliphatic rings. The maximum Gasteiger partial charge on any atom is 0.251 e. The Balaban J connectivity index is 1.48. The number of hydrogen-bond donors (Lipinski definition) is 2. The summed E-state index contributed by atoms with van der Waals surface area (Å²) < 4.78 is 0. The largest absolute Gasteiger partial charge is 0.352 e. The molecule has 1 heterocycles. The van der Waals surface area contributed by atoms with E-state index < -0.39 is 0 Å². The van der Waals surface area contributed by atoms with Crippen LogP contribution in [0, 0.1) is 0 Å². The number of rotatable bonds is 7. The minimum absolute atomic E-state index is 0.172. The number of nitrogens with one attached hydrogen (secondary N) is 2. The Morgan fingerprint density at radius 1 is 0.821 bits per heavy atom. The highest BCUT2D eigenvalue weighted by Gasteiger charge is 2.09. The van der Waals surface area contributed by atoms with E-state index in [1.807, 2.05) is 42.5 Å². The van der Waals surface area contributed by atoms with E-state index in [-0.39, 0.29) is 11.8 Å². The third kappa shape index (κ3) is 5.66. The summed E-state index contributed by atoms with van der Waals surface area (Å²) in [4.78, 5) is 28.6. The van der Waals surface area contributed by atoms with Crippen molar-refractivity contribution in [2.24, 2.45) is 0 Å². The summed E-state index contributed by atoms with van der Waals surface area (Å²) in [6.07, 6.45) is 2.40. The lowest BCUT2D eigenvalue weighted by atomic mass is 10.1. The van der Waals surface area contributed by atoms with Crippen LogP contribution in [0.15, 0.2) is 72.9 Å². The van der Waals surface area contributed by atoms with E-state index in [2.05, 4.69) is 15.6 Å². The summed E-state index contributed by atoms with van der Waals surface area (Å²) in [7, 11) is 0. The van der Waals surface area contributed by atoms with Crippen LogP contribution in [0.4, 0.5) is 0 Å². The molecule has 28 heavy (non-hydrogen) atoms. The van der Waals surface area contributed by atoms with Crippen LogP contribution in [-0.4, -0.2) is 23.3 Å². The second-order valence-corrected chi connectivity index (χ2v) is 6.65. The first kappa shape index (κ1) is 19.6. The minimum atomic E-state index is -0.208. The molecule has 0 saturated heterocycles. The van der Waals surface area contributed by atoms with Gasteiger partial charge in [-0.3, -0.25) is 14.6 Å². The molecular weight excluding hydrogens is 374 g/mol. The molecular formula is C22H20ClN3O2. The molecule has 0 unspecified atom stereocenters. The zero-order valence-electron chi connectivity index (χ0n) is 15.2. The average Bonchev–Trinajstić information content (AvgIpc) is 2.74. The van der Waals surface area contributed by atoms with Gasteiger partial charge in [-0.15, -0.1) is 0 Å². The highest BCUT2D eigenvalue weighted by atomic mass is 35.5. The van der Waals surface area contributed by atoms with Gasteiger partial charge in [0.15, 0.2) is 0 Å². The highest BCUT2D eigenvalue weighted by molar-refractivity contribution is 6.30. The predicted octanol–water partition coefficient (Wildman–Crippen LogP) is 3.64. The van der Waals surface area contributed by atoms with Crippen molar-refractivity contribution >= 4 is 23.4 Å². The standard InChI is InChI=1S/C22H20ClN3O2/c23-19-10-4-16(5-11-19)12-14-25-21(27)17-6-8-18(9-7-17)22(28)26-15-20-3-1-2-13-24-20/h1-11,13H,12,14-15H2,(H,25,27)(H,26,28). The maximum absolute atomic E-state index is 12.2. The Hall–Kier alpha value is -3.18. The molecule has 0 saturated carbocycles. The van der Waals surface area contributed by atoms with Gasteiger partial charge in [-0.05, 0) is 60.5 Å². The molecule has 0 bridgehead atoms. The average molecular weight is 394 g/mol. The van der Waals surface area contributed by atoms with Gasteiger partial charge in [0.1, 0.15) is 0 Å². The van der Waals surface area contributed by atoms with Crippen molar-refractivity contribution in [1.29, 1.82) is 0 Å². The van der Waals surface area contributed by atoms with Gasteiger partial charge in [0, 0.05) is 28.9 Å². The van der Waals surface area contributed by atoms with Gasteiger partial charge in [-0.1, -0.05) is 29.8 Å². The van der Waals surface area contributed by atoms with Gasteiger partial charge in [-0.25, -0.2) is 0 Å². The summed E-state index contributed by atoms with van der Waals surface area (Å²) in [5.41, 5.74) is 2.89. The van der Waals surface area contributed by atoms with E-state index in [4.69, 9.17) is 11.6 Å². The molecule has 0 aliphatic heterocycles. The summed E-state index contributed by atoms with van der Waals surface area (Å²) in [6.45, 7) is 0.874. The van der Waals surface area contributed by atoms with E-state index in [0.717, 1.165) is 17.7 Å². The first-order valence-corrected chi connectivity index (χ1v) is 9.30. The van der Waals surface area contributed by atoms with Gasteiger partial charge in [-0.2, -0.15) is 0 Å². The van der Waals surface area contributed by atoms with Crippen molar-refractivity contribution < 1.29 is 9.59 Å². The SMILES string of the molecule is O=C(NCCc1ccc(Cl)cc1)c1ccc(C(=O)NCc2ccccn2)cc1. The number of halogens is 1. The normalized spacial score (nSPS) is 10.3. The van der Waals surface area contributed by atoms with Gasteiger partial charge in [0.25, 0.3) is 11.8 Å². The van der Waals surface area contributed by atoms with Crippen LogP contribution in [-0.2, 0) is 13.0 Å². The second-order valence-electron chi connectivity index (χ2n) is 6.21. The summed E-state index contributed by atoms with van der Waals surface area (Å²) in [6, 6.07) is 19.6. The number of carbonyl (C=O) groups is 2. The van der Waals surface area contributed by atoms with Crippen LogP contribution in [0.2, 0.25) is 5.02 Å². The van der Waals surface area contributed by atoms with E-state index in [1.165, 1.54) is 0 Å². The predicted molar refractivity (Wildman–Crippen MR) is 109 cm³/mol. The van der Waals surface area contributed by atoms with E-state index in [9.17, 15) is 9.59 Å².